The van der Waals surface area contributed by atoms with Gasteiger partial charge >= 0.3 is 0 Å². The van der Waals surface area contributed by atoms with Crippen LogP contribution in [0.4, 0.5) is 17.1 Å². The number of ketones is 1. The standard InChI is InChI=1S/C45H44N8O8/c1-25(50-32-14-10-13-28-39(32)45(60)53(44(28)59)35-18-19-38(55)52-43(35)58)36(54)15-8-5-9-20-47-42(57)33-17-16-26(23-48-33)29-21-30-34(22-37(29)61-3)49-24-31(41(56)46-2)40(30)51-27-11-6-4-7-12-27/h4,6-7,10-14,16-17,21-25,35,50H,5,8-9,15,18-20H2,1-3H3,(H,46,56)(H,47,57)(H,49,51)(H,52,55,58)/t25-,35?/m1/s1. The molecule has 2 atom stereocenters. The number of nitrogens with zero attached hydrogens (tertiary/aromatic N) is 3. The molecule has 16 heteroatoms. The molecule has 6 amide bonds. The number of ether oxygens (including phenoxy) is 1. The van der Waals surface area contributed by atoms with E-state index in [1.165, 1.54) is 12.3 Å². The first-order valence-electron chi connectivity index (χ1n) is 19.9. The summed E-state index contributed by atoms with van der Waals surface area (Å²) in [6, 6.07) is 19.5. The van der Waals surface area contributed by atoms with Crippen LogP contribution in [0.15, 0.2) is 85.2 Å². The van der Waals surface area contributed by atoms with E-state index in [9.17, 15) is 33.6 Å². The fourth-order valence-electron chi connectivity index (χ4n) is 7.47. The number of hydrogen-bond acceptors (Lipinski definition) is 12. The summed E-state index contributed by atoms with van der Waals surface area (Å²) in [4.78, 5) is 99.5. The molecule has 312 valence electrons. The van der Waals surface area contributed by atoms with Crippen molar-refractivity contribution in [2.75, 3.05) is 31.3 Å². The maximum absolute atomic E-state index is 13.4. The highest BCUT2D eigenvalue weighted by molar-refractivity contribution is 6.25. The van der Waals surface area contributed by atoms with Gasteiger partial charge in [0.05, 0.1) is 41.0 Å². The number of para-hydroxylation sites is 1. The molecule has 5 N–H and O–H groups in total. The van der Waals surface area contributed by atoms with E-state index in [4.69, 9.17) is 4.74 Å². The normalized spacial score (nSPS) is 15.2. The molecule has 0 radical (unpaired) electrons. The zero-order chi connectivity index (χ0) is 43.2. The van der Waals surface area contributed by atoms with E-state index in [1.807, 2.05) is 36.4 Å². The first kappa shape index (κ1) is 41.7. The quantitative estimate of drug-likeness (QED) is 0.0644. The predicted molar refractivity (Wildman–Crippen MR) is 227 cm³/mol. The predicted octanol–water partition coefficient (Wildman–Crippen LogP) is 5.17. The largest absolute Gasteiger partial charge is 0.496 e. The number of pyridine rings is 2. The lowest BCUT2D eigenvalue weighted by Crippen LogP contribution is -2.54. The number of Topliss-reactive ketones (excluding diaryl/α,β-unsaturated/α-hetero) is 1. The Labute approximate surface area is 350 Å². The third-order valence-electron chi connectivity index (χ3n) is 10.7. The van der Waals surface area contributed by atoms with E-state index in [2.05, 4.69) is 36.6 Å². The molecule has 7 rings (SSSR count). The van der Waals surface area contributed by atoms with Crippen molar-refractivity contribution in [2.24, 2.45) is 0 Å². The zero-order valence-electron chi connectivity index (χ0n) is 33.8. The van der Waals surface area contributed by atoms with Crippen LogP contribution in [0.1, 0.15) is 87.0 Å². The van der Waals surface area contributed by atoms with Gasteiger partial charge in [-0.15, -0.1) is 0 Å². The van der Waals surface area contributed by atoms with Crippen molar-refractivity contribution in [1.29, 1.82) is 0 Å². The highest BCUT2D eigenvalue weighted by atomic mass is 16.5. The molecule has 0 spiro atoms. The van der Waals surface area contributed by atoms with Gasteiger partial charge in [-0.1, -0.05) is 36.8 Å². The molecule has 3 aromatic carbocycles. The smallest absolute Gasteiger partial charge is 0.269 e. The lowest BCUT2D eigenvalue weighted by atomic mass is 10.0. The molecule has 2 aromatic heterocycles. The summed E-state index contributed by atoms with van der Waals surface area (Å²) in [5.74, 6) is -2.63. The van der Waals surface area contributed by atoms with Crippen molar-refractivity contribution in [2.45, 2.75) is 57.5 Å². The number of carbonyl (C=O) groups is 7. The Hall–Kier alpha value is -7.49. The summed E-state index contributed by atoms with van der Waals surface area (Å²) in [5.41, 5.74) is 4.47. The van der Waals surface area contributed by atoms with Crippen LogP contribution in [0.25, 0.3) is 22.0 Å². The fourth-order valence-corrected chi connectivity index (χ4v) is 7.47. The van der Waals surface area contributed by atoms with E-state index >= 15 is 0 Å². The van der Waals surface area contributed by atoms with E-state index in [1.54, 1.807) is 57.6 Å². The van der Waals surface area contributed by atoms with Crippen molar-refractivity contribution in [3.05, 3.63) is 108 Å². The van der Waals surface area contributed by atoms with Crippen LogP contribution in [-0.2, 0) is 14.4 Å². The Bertz CT molecular complexity index is 2560. The van der Waals surface area contributed by atoms with Crippen LogP contribution < -0.4 is 31.3 Å². The number of aromatic nitrogens is 2. The molecule has 61 heavy (non-hydrogen) atoms. The lowest BCUT2D eigenvalue weighted by Gasteiger charge is -2.27. The number of hydrogen-bond donors (Lipinski definition) is 5. The van der Waals surface area contributed by atoms with Gasteiger partial charge in [0.1, 0.15) is 17.5 Å². The molecule has 1 unspecified atom stereocenters. The minimum Gasteiger partial charge on any atom is -0.496 e. The summed E-state index contributed by atoms with van der Waals surface area (Å²) < 4.78 is 5.72. The van der Waals surface area contributed by atoms with E-state index in [0.29, 0.717) is 70.5 Å². The molecule has 4 heterocycles. The van der Waals surface area contributed by atoms with Gasteiger partial charge in [0.2, 0.25) is 11.8 Å². The molecular formula is C45H44N8O8. The van der Waals surface area contributed by atoms with E-state index in [0.717, 1.165) is 10.6 Å². The summed E-state index contributed by atoms with van der Waals surface area (Å²) in [6.45, 7) is 2.05. The van der Waals surface area contributed by atoms with Crippen LogP contribution >= 0.6 is 0 Å². The minimum atomic E-state index is -1.09. The Balaban J connectivity index is 0.917. The first-order valence-corrected chi connectivity index (χ1v) is 19.9. The second-order valence-electron chi connectivity index (χ2n) is 14.7. The van der Waals surface area contributed by atoms with Gasteiger partial charge in [0.25, 0.3) is 23.6 Å². The maximum atomic E-state index is 13.4. The number of nitrogens with one attached hydrogen (secondary N) is 5. The maximum Gasteiger partial charge on any atom is 0.269 e. The number of rotatable bonds is 16. The van der Waals surface area contributed by atoms with Crippen LogP contribution in [0.2, 0.25) is 0 Å². The third-order valence-corrected chi connectivity index (χ3v) is 10.7. The SMILES string of the molecule is CNC(=O)c1cnc2cc(OC)c(-c3ccc(C(=O)NCCCCCC(=O)[C@@H](C)Nc4cccc5c4C(=O)N(C4CCC(=O)NC4=O)C5=O)nc3)cc2c1Nc1ccccc1. The zero-order valence-corrected chi connectivity index (χ0v) is 33.8. The van der Waals surface area contributed by atoms with Gasteiger partial charge in [-0.2, -0.15) is 0 Å². The number of unbranched alkanes of at least 4 members (excludes halogenated alkanes) is 2. The van der Waals surface area contributed by atoms with Crippen LogP contribution in [0.3, 0.4) is 0 Å². The Morgan fingerprint density at radius 2 is 1.69 bits per heavy atom. The Morgan fingerprint density at radius 3 is 2.41 bits per heavy atom. The van der Waals surface area contributed by atoms with Crippen LogP contribution in [0.5, 0.6) is 5.75 Å². The highest BCUT2D eigenvalue weighted by Crippen LogP contribution is 2.38. The van der Waals surface area contributed by atoms with E-state index in [-0.39, 0.29) is 53.7 Å². The van der Waals surface area contributed by atoms with Gasteiger partial charge in [-0.3, -0.25) is 53.7 Å². The van der Waals surface area contributed by atoms with Crippen molar-refractivity contribution in [3.8, 4) is 16.9 Å². The van der Waals surface area contributed by atoms with Crippen molar-refractivity contribution in [3.63, 3.8) is 0 Å². The van der Waals surface area contributed by atoms with Crippen molar-refractivity contribution >= 4 is 69.2 Å². The number of imide groups is 2. The summed E-state index contributed by atoms with van der Waals surface area (Å²) in [6.07, 6.45) is 5.28. The number of benzene rings is 3. The van der Waals surface area contributed by atoms with E-state index < -0.39 is 35.7 Å². The molecule has 0 saturated carbocycles. The fraction of sp³-hybridized carbons (Fsp3) is 0.267. The highest BCUT2D eigenvalue weighted by Gasteiger charge is 2.45. The number of carbonyl (C=O) groups excluding carboxylic acids is 7. The lowest BCUT2D eigenvalue weighted by molar-refractivity contribution is -0.136. The molecule has 16 nitrogen and oxygen atoms in total. The molecule has 0 bridgehead atoms. The average Bonchev–Trinajstić information content (AvgIpc) is 3.53. The van der Waals surface area contributed by atoms with Crippen LogP contribution in [-0.4, -0.2) is 88.9 Å². The Kier molecular flexibility index (Phi) is 12.4. The molecular weight excluding hydrogens is 781 g/mol. The van der Waals surface area contributed by atoms with Gasteiger partial charge < -0.3 is 26.0 Å². The van der Waals surface area contributed by atoms with Crippen molar-refractivity contribution < 1.29 is 38.3 Å². The molecule has 0 aliphatic carbocycles. The summed E-state index contributed by atoms with van der Waals surface area (Å²) in [7, 11) is 3.11. The number of methoxy groups -OCH3 is 1. The van der Waals surface area contributed by atoms with Gasteiger partial charge in [-0.05, 0) is 62.6 Å². The third kappa shape index (κ3) is 8.78. The second kappa shape index (κ2) is 18.2. The molecule has 1 saturated heterocycles. The summed E-state index contributed by atoms with van der Waals surface area (Å²) >= 11 is 0. The molecule has 5 aromatic rings. The first-order chi connectivity index (χ1) is 29.5. The van der Waals surface area contributed by atoms with Gasteiger partial charge in [0.15, 0.2) is 5.78 Å². The van der Waals surface area contributed by atoms with Gasteiger partial charge in [0, 0.05) is 72.8 Å². The average molecular weight is 825 g/mol. The van der Waals surface area contributed by atoms with Crippen molar-refractivity contribution in [1.82, 2.24) is 30.8 Å². The number of fused-ring (bicyclic) bond motifs is 2. The van der Waals surface area contributed by atoms with Gasteiger partial charge in [-0.25, -0.2) is 0 Å². The minimum absolute atomic E-state index is 0.0149. The monoisotopic (exact) mass is 824 g/mol. The second-order valence-corrected chi connectivity index (χ2v) is 14.7. The molecule has 2 aliphatic heterocycles. The van der Waals surface area contributed by atoms with Crippen LogP contribution in [0, 0.1) is 0 Å². The molecule has 2 aliphatic rings. The molecule has 1 fully saturated rings. The number of amides is 6. The number of anilines is 3. The summed E-state index contributed by atoms with van der Waals surface area (Å²) in [5, 5.41) is 14.9. The topological polar surface area (TPSA) is 218 Å². The number of piperidine rings is 1. The Morgan fingerprint density at radius 1 is 0.885 bits per heavy atom.